The maximum atomic E-state index is 12.8. The van der Waals surface area contributed by atoms with Gasteiger partial charge in [-0.25, -0.2) is 0 Å². The van der Waals surface area contributed by atoms with Crippen molar-refractivity contribution in [3.63, 3.8) is 0 Å². The van der Waals surface area contributed by atoms with Crippen molar-refractivity contribution in [2.45, 2.75) is 51.5 Å². The van der Waals surface area contributed by atoms with Crippen LogP contribution in [0.15, 0.2) is 5.16 Å². The van der Waals surface area contributed by atoms with Crippen LogP contribution in [0.4, 0.5) is 0 Å². The van der Waals surface area contributed by atoms with Crippen molar-refractivity contribution in [3.8, 4) is 0 Å². The first-order valence-corrected chi connectivity index (χ1v) is 7.97. The molecule has 2 fully saturated rings. The van der Waals surface area contributed by atoms with Crippen LogP contribution >= 0.6 is 0 Å². The topological polar surface area (TPSA) is 91.0 Å². The Labute approximate surface area is 126 Å². The Morgan fingerprint density at radius 3 is 2.62 bits per heavy atom. The highest BCUT2D eigenvalue weighted by molar-refractivity contribution is 6.06. The van der Waals surface area contributed by atoms with Gasteiger partial charge in [0.2, 0.25) is 5.91 Å². The highest BCUT2D eigenvalue weighted by Gasteiger charge is 2.45. The number of oxime groups is 1. The van der Waals surface area contributed by atoms with Gasteiger partial charge in [-0.1, -0.05) is 31.3 Å². The summed E-state index contributed by atoms with van der Waals surface area (Å²) in [7, 11) is 2.10. The number of amidine groups is 1. The quantitative estimate of drug-likeness (QED) is 0.315. The van der Waals surface area contributed by atoms with Gasteiger partial charge in [-0.15, -0.1) is 0 Å². The second kappa shape index (κ2) is 6.64. The molecule has 0 aromatic heterocycles. The van der Waals surface area contributed by atoms with E-state index in [0.29, 0.717) is 18.8 Å². The highest BCUT2D eigenvalue weighted by atomic mass is 16.4. The van der Waals surface area contributed by atoms with E-state index >= 15 is 0 Å². The van der Waals surface area contributed by atoms with Crippen LogP contribution in [0.2, 0.25) is 0 Å². The van der Waals surface area contributed by atoms with Crippen LogP contribution < -0.4 is 11.1 Å². The van der Waals surface area contributed by atoms with Gasteiger partial charge in [0.15, 0.2) is 5.84 Å². The monoisotopic (exact) mass is 296 g/mol. The number of rotatable bonds is 3. The van der Waals surface area contributed by atoms with E-state index in [1.54, 1.807) is 0 Å². The normalized spacial score (nSPS) is 30.9. The van der Waals surface area contributed by atoms with Gasteiger partial charge in [-0.2, -0.15) is 0 Å². The molecule has 0 radical (unpaired) electrons. The highest BCUT2D eigenvalue weighted by Crippen LogP contribution is 2.37. The standard InChI is InChI=1S/C15H28N4O2/c1-11-10-19(2)9-6-12(11)17-14(20)15(13(16)18-21)7-4-3-5-8-15/h11-12,21H,3-10H2,1-2H3,(H2,16,18)(H,17,20). The largest absolute Gasteiger partial charge is 0.409 e. The van der Waals surface area contributed by atoms with Crippen LogP contribution in [0, 0.1) is 11.3 Å². The average molecular weight is 296 g/mol. The lowest BCUT2D eigenvalue weighted by molar-refractivity contribution is -0.130. The minimum atomic E-state index is -0.809. The Kier molecular flexibility index (Phi) is 5.08. The third kappa shape index (κ3) is 3.31. The summed E-state index contributed by atoms with van der Waals surface area (Å²) in [4.78, 5) is 15.1. The number of likely N-dealkylation sites (tertiary alicyclic amines) is 1. The molecule has 2 atom stereocenters. The number of nitrogens with zero attached hydrogens (tertiary/aromatic N) is 2. The van der Waals surface area contributed by atoms with E-state index in [1.807, 2.05) is 0 Å². The molecule has 2 rings (SSSR count). The number of nitrogens with one attached hydrogen (secondary N) is 1. The molecule has 6 heteroatoms. The van der Waals surface area contributed by atoms with Crippen LogP contribution in [0.1, 0.15) is 45.4 Å². The smallest absolute Gasteiger partial charge is 0.234 e. The molecule has 2 aliphatic rings. The van der Waals surface area contributed by atoms with Gasteiger partial charge in [0.1, 0.15) is 5.41 Å². The summed E-state index contributed by atoms with van der Waals surface area (Å²) in [5.41, 5.74) is 5.07. The van der Waals surface area contributed by atoms with Gasteiger partial charge < -0.3 is 21.2 Å². The minimum Gasteiger partial charge on any atom is -0.409 e. The molecule has 1 heterocycles. The maximum absolute atomic E-state index is 12.8. The summed E-state index contributed by atoms with van der Waals surface area (Å²) >= 11 is 0. The van der Waals surface area contributed by atoms with E-state index in [0.717, 1.165) is 38.8 Å². The first-order valence-electron chi connectivity index (χ1n) is 7.97. The molecule has 1 saturated carbocycles. The summed E-state index contributed by atoms with van der Waals surface area (Å²) in [6.45, 7) is 4.14. The van der Waals surface area contributed by atoms with Gasteiger partial charge in [-0.3, -0.25) is 4.79 Å². The minimum absolute atomic E-state index is 0.0566. The number of hydrogen-bond donors (Lipinski definition) is 3. The zero-order valence-corrected chi connectivity index (χ0v) is 13.1. The van der Waals surface area contributed by atoms with Crippen LogP contribution in [0.3, 0.4) is 0 Å². The lowest BCUT2D eigenvalue weighted by atomic mass is 9.72. The predicted octanol–water partition coefficient (Wildman–Crippen LogP) is 1.14. The maximum Gasteiger partial charge on any atom is 0.234 e. The molecule has 4 N–H and O–H groups in total. The van der Waals surface area contributed by atoms with Crippen molar-refractivity contribution >= 4 is 11.7 Å². The molecular formula is C15H28N4O2. The van der Waals surface area contributed by atoms with E-state index in [-0.39, 0.29) is 17.8 Å². The fourth-order valence-corrected chi connectivity index (χ4v) is 3.73. The molecule has 0 aromatic rings. The lowest BCUT2D eigenvalue weighted by Gasteiger charge is -2.39. The molecule has 21 heavy (non-hydrogen) atoms. The molecular weight excluding hydrogens is 268 g/mol. The number of piperidine rings is 1. The Morgan fingerprint density at radius 1 is 1.38 bits per heavy atom. The number of nitrogens with two attached hydrogens (primary N) is 1. The van der Waals surface area contributed by atoms with Crippen LogP contribution in [-0.4, -0.2) is 48.0 Å². The Balaban J connectivity index is 2.08. The fraction of sp³-hybridized carbons (Fsp3) is 0.867. The van der Waals surface area contributed by atoms with E-state index in [9.17, 15) is 4.79 Å². The van der Waals surface area contributed by atoms with Crippen molar-refractivity contribution in [1.29, 1.82) is 0 Å². The Hall–Kier alpha value is -1.30. The molecule has 1 amide bonds. The van der Waals surface area contributed by atoms with Crippen molar-refractivity contribution in [1.82, 2.24) is 10.2 Å². The third-order valence-electron chi connectivity index (χ3n) is 5.16. The molecule has 1 aliphatic carbocycles. The number of amides is 1. The van der Waals surface area contributed by atoms with E-state index in [1.165, 1.54) is 0 Å². The zero-order chi connectivity index (χ0) is 15.5. The van der Waals surface area contributed by atoms with Gasteiger partial charge >= 0.3 is 0 Å². The van der Waals surface area contributed by atoms with Gasteiger partial charge in [0.05, 0.1) is 0 Å². The second-order valence-electron chi connectivity index (χ2n) is 6.74. The van der Waals surface area contributed by atoms with Crippen molar-refractivity contribution in [2.75, 3.05) is 20.1 Å². The van der Waals surface area contributed by atoms with Gasteiger partial charge in [0.25, 0.3) is 0 Å². The van der Waals surface area contributed by atoms with E-state index in [2.05, 4.69) is 29.3 Å². The van der Waals surface area contributed by atoms with Gasteiger partial charge in [-0.05, 0) is 38.8 Å². The molecule has 1 aliphatic heterocycles. The molecule has 0 spiro atoms. The molecule has 0 bridgehead atoms. The molecule has 0 aromatic carbocycles. The summed E-state index contributed by atoms with van der Waals surface area (Å²) in [5.74, 6) is 0.430. The molecule has 120 valence electrons. The average Bonchev–Trinajstić information content (AvgIpc) is 2.49. The van der Waals surface area contributed by atoms with Crippen molar-refractivity contribution < 1.29 is 10.0 Å². The van der Waals surface area contributed by atoms with Crippen molar-refractivity contribution in [2.24, 2.45) is 22.2 Å². The Morgan fingerprint density at radius 2 is 2.05 bits per heavy atom. The van der Waals surface area contributed by atoms with Crippen LogP contribution in [0.25, 0.3) is 0 Å². The number of hydrogen-bond acceptors (Lipinski definition) is 4. The summed E-state index contributed by atoms with van der Waals surface area (Å²) in [6, 6.07) is 0.180. The molecule has 2 unspecified atom stereocenters. The summed E-state index contributed by atoms with van der Waals surface area (Å²) in [5, 5.41) is 15.4. The molecule has 1 saturated heterocycles. The number of carbonyl (C=O) groups excluding carboxylic acids is 1. The van der Waals surface area contributed by atoms with Crippen LogP contribution in [-0.2, 0) is 4.79 Å². The first kappa shape index (κ1) is 16.1. The predicted molar refractivity (Wildman–Crippen MR) is 82.1 cm³/mol. The van der Waals surface area contributed by atoms with Gasteiger partial charge in [0, 0.05) is 12.6 Å². The third-order valence-corrected chi connectivity index (χ3v) is 5.16. The first-order chi connectivity index (χ1) is 9.99. The zero-order valence-electron chi connectivity index (χ0n) is 13.1. The second-order valence-corrected chi connectivity index (χ2v) is 6.74. The summed E-state index contributed by atoms with van der Waals surface area (Å²) < 4.78 is 0. The van der Waals surface area contributed by atoms with E-state index in [4.69, 9.17) is 10.9 Å². The SMILES string of the molecule is CC1CN(C)CCC1NC(=O)C1(C(N)=NO)CCCCC1. The van der Waals surface area contributed by atoms with E-state index < -0.39 is 5.41 Å². The fourth-order valence-electron chi connectivity index (χ4n) is 3.73. The number of carbonyl (C=O) groups is 1. The summed E-state index contributed by atoms with van der Waals surface area (Å²) in [6.07, 6.45) is 5.32. The van der Waals surface area contributed by atoms with Crippen molar-refractivity contribution in [3.05, 3.63) is 0 Å². The lowest BCUT2D eigenvalue weighted by Crippen LogP contribution is -2.56. The molecule has 6 nitrogen and oxygen atoms in total. The Bertz CT molecular complexity index is 404. The van der Waals surface area contributed by atoms with Crippen LogP contribution in [0.5, 0.6) is 0 Å².